The maximum Gasteiger partial charge on any atom is 0.255 e. The third-order valence-electron chi connectivity index (χ3n) is 3.99. The number of hydrogen-bond acceptors (Lipinski definition) is 3. The lowest BCUT2D eigenvalue weighted by atomic mass is 10.1. The average Bonchev–Trinajstić information content (AvgIpc) is 2.69. The molecule has 0 atom stereocenters. The predicted molar refractivity (Wildman–Crippen MR) is 102 cm³/mol. The Balaban J connectivity index is 1.48. The molecule has 1 heterocycles. The van der Waals surface area contributed by atoms with Crippen LogP contribution in [0.25, 0.3) is 0 Å². The van der Waals surface area contributed by atoms with E-state index in [-0.39, 0.29) is 5.56 Å². The Hall–Kier alpha value is -3.28. The topological polar surface area (TPSA) is 54.0 Å². The van der Waals surface area contributed by atoms with Crippen molar-refractivity contribution in [2.24, 2.45) is 0 Å². The molecule has 0 fully saturated rings. The van der Waals surface area contributed by atoms with Crippen molar-refractivity contribution in [2.45, 2.75) is 12.8 Å². The molecule has 1 aromatic heterocycles. The third-order valence-corrected chi connectivity index (χ3v) is 3.99. The highest BCUT2D eigenvalue weighted by molar-refractivity contribution is 6.04. The van der Waals surface area contributed by atoms with Crippen molar-refractivity contribution >= 4 is 17.4 Å². The average molecular weight is 367 g/mol. The molecule has 0 aliphatic rings. The van der Waals surface area contributed by atoms with E-state index in [4.69, 9.17) is 0 Å². The number of carbonyl (C=O) groups is 1. The van der Waals surface area contributed by atoms with E-state index in [9.17, 15) is 13.6 Å². The van der Waals surface area contributed by atoms with Gasteiger partial charge in [0.2, 0.25) is 0 Å². The fraction of sp³-hybridized carbons (Fsp3) is 0.143. The van der Waals surface area contributed by atoms with Gasteiger partial charge in [-0.3, -0.25) is 4.79 Å². The van der Waals surface area contributed by atoms with Crippen molar-refractivity contribution in [3.63, 3.8) is 0 Å². The number of halogens is 2. The van der Waals surface area contributed by atoms with Gasteiger partial charge in [-0.1, -0.05) is 30.3 Å². The number of carbonyl (C=O) groups excluding carboxylic acids is 1. The second-order valence-corrected chi connectivity index (χ2v) is 6.03. The molecule has 138 valence electrons. The van der Waals surface area contributed by atoms with Crippen LogP contribution in [-0.4, -0.2) is 17.4 Å². The summed E-state index contributed by atoms with van der Waals surface area (Å²) in [6.45, 7) is 0.780. The number of benzene rings is 2. The van der Waals surface area contributed by atoms with E-state index in [1.807, 2.05) is 18.2 Å². The number of pyridine rings is 1. The Kier molecular flexibility index (Phi) is 6.10. The molecule has 2 N–H and O–H groups in total. The molecule has 4 nitrogen and oxygen atoms in total. The van der Waals surface area contributed by atoms with Gasteiger partial charge in [0.05, 0.1) is 11.9 Å². The van der Waals surface area contributed by atoms with Gasteiger partial charge in [0.1, 0.15) is 5.82 Å². The van der Waals surface area contributed by atoms with Crippen molar-refractivity contribution in [2.75, 3.05) is 17.2 Å². The lowest BCUT2D eigenvalue weighted by Gasteiger charge is -2.08. The van der Waals surface area contributed by atoms with Gasteiger partial charge in [0.15, 0.2) is 11.6 Å². The van der Waals surface area contributed by atoms with E-state index in [1.54, 1.807) is 12.1 Å². The maximum absolute atomic E-state index is 13.2. The normalized spacial score (nSPS) is 10.4. The standard InChI is InChI=1S/C21H19F2N3O/c22-18-10-8-16(13-19(18)23)21(27)26-17-9-11-20(25-14-17)24-12-4-7-15-5-2-1-3-6-15/h1-3,5-6,8-11,13-14H,4,7,12H2,(H,24,25)(H,26,27). The monoisotopic (exact) mass is 367 g/mol. The summed E-state index contributed by atoms with van der Waals surface area (Å²) in [5, 5.41) is 5.83. The van der Waals surface area contributed by atoms with Crippen LogP contribution in [0.3, 0.4) is 0 Å². The molecule has 3 aromatic rings. The summed E-state index contributed by atoms with van der Waals surface area (Å²) in [5.74, 6) is -1.88. The molecule has 0 aliphatic carbocycles. The summed E-state index contributed by atoms with van der Waals surface area (Å²) in [6, 6.07) is 16.7. The fourth-order valence-corrected chi connectivity index (χ4v) is 2.57. The van der Waals surface area contributed by atoms with Crippen molar-refractivity contribution in [1.29, 1.82) is 0 Å². The zero-order valence-corrected chi connectivity index (χ0v) is 14.6. The summed E-state index contributed by atoms with van der Waals surface area (Å²) in [7, 11) is 0. The Bertz CT molecular complexity index is 899. The predicted octanol–water partition coefficient (Wildman–Crippen LogP) is 4.66. The Labute approximate surface area is 156 Å². The molecule has 27 heavy (non-hydrogen) atoms. The van der Waals surface area contributed by atoms with Crippen molar-refractivity contribution < 1.29 is 13.6 Å². The molecule has 0 spiro atoms. The number of aryl methyl sites for hydroxylation is 1. The first-order chi connectivity index (χ1) is 13.1. The molecule has 0 saturated heterocycles. The number of amides is 1. The summed E-state index contributed by atoms with van der Waals surface area (Å²) in [5.41, 5.74) is 1.80. The van der Waals surface area contributed by atoms with Crippen molar-refractivity contribution in [1.82, 2.24) is 4.98 Å². The fourth-order valence-electron chi connectivity index (χ4n) is 2.57. The van der Waals surface area contributed by atoms with Crippen LogP contribution in [0.4, 0.5) is 20.3 Å². The van der Waals surface area contributed by atoms with Crippen LogP contribution in [0, 0.1) is 11.6 Å². The molecule has 0 aliphatic heterocycles. The molecule has 3 rings (SSSR count). The van der Waals surface area contributed by atoms with Crippen LogP contribution in [0.2, 0.25) is 0 Å². The second kappa shape index (κ2) is 8.89. The zero-order valence-electron chi connectivity index (χ0n) is 14.6. The lowest BCUT2D eigenvalue weighted by molar-refractivity contribution is 0.102. The zero-order chi connectivity index (χ0) is 19.1. The third kappa shape index (κ3) is 5.34. The van der Waals surface area contributed by atoms with Crippen molar-refractivity contribution in [3.8, 4) is 0 Å². The van der Waals surface area contributed by atoms with E-state index in [0.29, 0.717) is 11.5 Å². The van der Waals surface area contributed by atoms with Gasteiger partial charge in [-0.15, -0.1) is 0 Å². The minimum absolute atomic E-state index is 0.0389. The van der Waals surface area contributed by atoms with E-state index in [2.05, 4.69) is 27.8 Å². The van der Waals surface area contributed by atoms with E-state index >= 15 is 0 Å². The Morgan fingerprint density at radius 2 is 1.78 bits per heavy atom. The first kappa shape index (κ1) is 18.5. The molecule has 1 amide bonds. The van der Waals surface area contributed by atoms with Crippen LogP contribution in [-0.2, 0) is 6.42 Å². The Morgan fingerprint density at radius 3 is 2.48 bits per heavy atom. The van der Waals surface area contributed by atoms with Crippen LogP contribution in [0.15, 0.2) is 66.9 Å². The van der Waals surface area contributed by atoms with E-state index in [1.165, 1.54) is 17.8 Å². The number of anilines is 2. The minimum atomic E-state index is -1.06. The van der Waals surface area contributed by atoms with Gasteiger partial charge in [-0.05, 0) is 48.7 Å². The van der Waals surface area contributed by atoms with Gasteiger partial charge in [-0.25, -0.2) is 13.8 Å². The smallest absolute Gasteiger partial charge is 0.255 e. The molecule has 0 bridgehead atoms. The SMILES string of the molecule is O=C(Nc1ccc(NCCCc2ccccc2)nc1)c1ccc(F)c(F)c1. The maximum atomic E-state index is 13.2. The van der Waals surface area contributed by atoms with Gasteiger partial charge >= 0.3 is 0 Å². The van der Waals surface area contributed by atoms with E-state index in [0.717, 1.165) is 31.5 Å². The van der Waals surface area contributed by atoms with Crippen LogP contribution < -0.4 is 10.6 Å². The molecule has 6 heteroatoms. The summed E-state index contributed by atoms with van der Waals surface area (Å²) >= 11 is 0. The summed E-state index contributed by atoms with van der Waals surface area (Å²) < 4.78 is 26.1. The first-order valence-electron chi connectivity index (χ1n) is 8.62. The largest absolute Gasteiger partial charge is 0.370 e. The highest BCUT2D eigenvalue weighted by Crippen LogP contribution is 2.14. The van der Waals surface area contributed by atoms with Gasteiger partial charge < -0.3 is 10.6 Å². The Morgan fingerprint density at radius 1 is 0.963 bits per heavy atom. The number of rotatable bonds is 7. The van der Waals surface area contributed by atoms with Crippen LogP contribution >= 0.6 is 0 Å². The van der Waals surface area contributed by atoms with Gasteiger partial charge in [0.25, 0.3) is 5.91 Å². The molecule has 0 saturated carbocycles. The lowest BCUT2D eigenvalue weighted by Crippen LogP contribution is -2.13. The highest BCUT2D eigenvalue weighted by Gasteiger charge is 2.10. The van der Waals surface area contributed by atoms with Crippen LogP contribution in [0.1, 0.15) is 22.3 Å². The second-order valence-electron chi connectivity index (χ2n) is 6.03. The molecule has 0 radical (unpaired) electrons. The molecular weight excluding hydrogens is 348 g/mol. The quantitative estimate of drug-likeness (QED) is 0.598. The number of nitrogens with one attached hydrogen (secondary N) is 2. The molecule has 2 aromatic carbocycles. The number of nitrogens with zero attached hydrogens (tertiary/aromatic N) is 1. The molecular formula is C21H19F2N3O. The van der Waals surface area contributed by atoms with Crippen LogP contribution in [0.5, 0.6) is 0 Å². The van der Waals surface area contributed by atoms with Crippen molar-refractivity contribution in [3.05, 3.63) is 89.6 Å². The van der Waals surface area contributed by atoms with E-state index < -0.39 is 17.5 Å². The molecule has 0 unspecified atom stereocenters. The first-order valence-corrected chi connectivity index (χ1v) is 8.62. The summed E-state index contributed by atoms with van der Waals surface area (Å²) in [4.78, 5) is 16.3. The summed E-state index contributed by atoms with van der Waals surface area (Å²) in [6.07, 6.45) is 3.47. The number of hydrogen-bond donors (Lipinski definition) is 2. The van der Waals surface area contributed by atoms with Gasteiger partial charge in [0, 0.05) is 12.1 Å². The van der Waals surface area contributed by atoms with Gasteiger partial charge in [-0.2, -0.15) is 0 Å². The number of aromatic nitrogens is 1. The minimum Gasteiger partial charge on any atom is -0.370 e. The highest BCUT2D eigenvalue weighted by atomic mass is 19.2.